The monoisotopic (exact) mass is 291 g/mol. The second kappa shape index (κ2) is 4.69. The minimum atomic E-state index is -4.53. The Bertz CT molecular complexity index is 871. The van der Waals surface area contributed by atoms with Crippen molar-refractivity contribution < 1.29 is 13.2 Å². The van der Waals surface area contributed by atoms with Gasteiger partial charge in [0.2, 0.25) is 0 Å². The number of halogens is 3. The van der Waals surface area contributed by atoms with Gasteiger partial charge in [0, 0.05) is 23.3 Å². The highest BCUT2D eigenvalue weighted by Crippen LogP contribution is 2.37. The van der Waals surface area contributed by atoms with E-state index in [1.54, 1.807) is 18.2 Å². The third kappa shape index (κ3) is 2.26. The average molecular weight is 291 g/mol. The molecule has 0 saturated heterocycles. The van der Waals surface area contributed by atoms with Crippen molar-refractivity contribution >= 4 is 10.8 Å². The van der Waals surface area contributed by atoms with Crippen molar-refractivity contribution in [1.29, 1.82) is 0 Å². The number of nitrogens with zero attached hydrogens (tertiary/aromatic N) is 2. The van der Waals surface area contributed by atoms with Crippen LogP contribution in [0.2, 0.25) is 0 Å². The van der Waals surface area contributed by atoms with Gasteiger partial charge in [0.1, 0.15) is 5.69 Å². The van der Waals surface area contributed by atoms with Gasteiger partial charge in [0.05, 0.1) is 10.9 Å². The van der Waals surface area contributed by atoms with Crippen molar-refractivity contribution in [2.75, 3.05) is 0 Å². The number of aromatic nitrogens is 3. The Kier molecular flexibility index (Phi) is 2.97. The number of aromatic amines is 1. The zero-order valence-corrected chi connectivity index (χ0v) is 10.5. The fraction of sp³-hybridized carbons (Fsp3) is 0.0714. The van der Waals surface area contributed by atoms with Gasteiger partial charge in [0.15, 0.2) is 0 Å². The van der Waals surface area contributed by atoms with E-state index in [2.05, 4.69) is 15.2 Å². The number of benzene rings is 1. The molecule has 0 spiro atoms. The highest BCUT2D eigenvalue weighted by atomic mass is 19.4. The molecule has 0 amide bonds. The first-order valence-corrected chi connectivity index (χ1v) is 5.97. The maximum atomic E-state index is 13.1. The fourth-order valence-corrected chi connectivity index (χ4v) is 2.15. The number of alkyl halides is 3. The number of nitrogens with one attached hydrogen (secondary N) is 1. The smallest absolute Gasteiger partial charge is 0.267 e. The molecule has 0 unspecified atom stereocenters. The Morgan fingerprint density at radius 1 is 1.05 bits per heavy atom. The van der Waals surface area contributed by atoms with Crippen LogP contribution in [0.25, 0.3) is 22.0 Å². The molecule has 0 bridgehead atoms. The van der Waals surface area contributed by atoms with Gasteiger partial charge >= 0.3 is 6.18 Å². The molecule has 0 atom stereocenters. The van der Waals surface area contributed by atoms with Gasteiger partial charge in [-0.2, -0.15) is 18.3 Å². The summed E-state index contributed by atoms with van der Waals surface area (Å²) in [5.41, 5.74) is -1.42. The van der Waals surface area contributed by atoms with Gasteiger partial charge in [-0.05, 0) is 12.1 Å². The lowest BCUT2D eigenvalue weighted by molar-refractivity contribution is -0.137. The quantitative estimate of drug-likeness (QED) is 0.749. The van der Waals surface area contributed by atoms with Crippen LogP contribution in [0.4, 0.5) is 13.2 Å². The molecule has 21 heavy (non-hydrogen) atoms. The average Bonchev–Trinajstić information content (AvgIpc) is 2.47. The number of fused-ring (bicyclic) bond motifs is 1. The molecule has 2 aromatic heterocycles. The highest BCUT2D eigenvalue weighted by molar-refractivity contribution is 5.94. The molecule has 0 saturated carbocycles. The lowest BCUT2D eigenvalue weighted by atomic mass is 10.0. The third-order valence-electron chi connectivity index (χ3n) is 3.08. The Hall–Kier alpha value is -2.70. The molecule has 0 fully saturated rings. The number of pyridine rings is 1. The SMILES string of the molecule is O=c1[nH]nc(-c2cnccc2C(F)(F)F)c2ccccc12. The Morgan fingerprint density at radius 2 is 1.76 bits per heavy atom. The molecule has 1 N–H and O–H groups in total. The second-order valence-electron chi connectivity index (χ2n) is 4.37. The topological polar surface area (TPSA) is 58.6 Å². The standard InChI is InChI=1S/C14H8F3N3O/c15-14(16,17)11-5-6-18-7-10(11)12-8-3-1-2-4-9(8)13(21)20-19-12/h1-7H,(H,20,21). The van der Waals surface area contributed by atoms with Crippen molar-refractivity contribution in [1.82, 2.24) is 15.2 Å². The molecule has 0 aliphatic carbocycles. The van der Waals surface area contributed by atoms with Gasteiger partial charge < -0.3 is 0 Å². The molecule has 0 radical (unpaired) electrons. The molecule has 3 rings (SSSR count). The van der Waals surface area contributed by atoms with Crippen molar-refractivity contribution in [2.24, 2.45) is 0 Å². The van der Waals surface area contributed by atoms with E-state index in [9.17, 15) is 18.0 Å². The van der Waals surface area contributed by atoms with Crippen LogP contribution in [-0.4, -0.2) is 15.2 Å². The van der Waals surface area contributed by atoms with E-state index >= 15 is 0 Å². The zero-order valence-electron chi connectivity index (χ0n) is 10.5. The predicted octanol–water partition coefficient (Wildman–Crippen LogP) is 3.00. The second-order valence-corrected chi connectivity index (χ2v) is 4.37. The molecule has 0 aliphatic rings. The van der Waals surface area contributed by atoms with E-state index in [0.717, 1.165) is 18.5 Å². The van der Waals surface area contributed by atoms with Crippen LogP contribution in [0, 0.1) is 0 Å². The minimum Gasteiger partial charge on any atom is -0.267 e. The van der Waals surface area contributed by atoms with E-state index in [-0.39, 0.29) is 16.6 Å². The molecule has 3 aromatic rings. The molecule has 0 aliphatic heterocycles. The van der Waals surface area contributed by atoms with Crippen LogP contribution in [0.15, 0.2) is 47.5 Å². The highest BCUT2D eigenvalue weighted by Gasteiger charge is 2.34. The van der Waals surface area contributed by atoms with Gasteiger partial charge in [-0.25, -0.2) is 5.10 Å². The molecule has 2 heterocycles. The summed E-state index contributed by atoms with van der Waals surface area (Å²) in [6.45, 7) is 0. The summed E-state index contributed by atoms with van der Waals surface area (Å²) in [6.07, 6.45) is -2.37. The summed E-state index contributed by atoms with van der Waals surface area (Å²) in [6, 6.07) is 7.24. The van der Waals surface area contributed by atoms with Gasteiger partial charge in [0.25, 0.3) is 5.56 Å². The number of hydrogen-bond donors (Lipinski definition) is 1. The van der Waals surface area contributed by atoms with Crippen molar-refractivity contribution in [3.63, 3.8) is 0 Å². The first kappa shape index (κ1) is 13.3. The maximum absolute atomic E-state index is 13.1. The van der Waals surface area contributed by atoms with Crippen molar-refractivity contribution in [2.45, 2.75) is 6.18 Å². The van der Waals surface area contributed by atoms with E-state index in [4.69, 9.17) is 0 Å². The molecule has 1 aromatic carbocycles. The van der Waals surface area contributed by atoms with E-state index < -0.39 is 17.3 Å². The first-order chi connectivity index (χ1) is 9.98. The van der Waals surface area contributed by atoms with E-state index in [1.807, 2.05) is 0 Å². The minimum absolute atomic E-state index is 0.0469. The van der Waals surface area contributed by atoms with Crippen LogP contribution >= 0.6 is 0 Å². The molecular formula is C14H8F3N3O. The van der Waals surface area contributed by atoms with E-state index in [1.165, 1.54) is 6.07 Å². The van der Waals surface area contributed by atoms with Crippen molar-refractivity contribution in [3.8, 4) is 11.3 Å². The lowest BCUT2D eigenvalue weighted by Crippen LogP contribution is -2.12. The van der Waals surface area contributed by atoms with Crippen LogP contribution in [0.1, 0.15) is 5.56 Å². The maximum Gasteiger partial charge on any atom is 0.417 e. The summed E-state index contributed by atoms with van der Waals surface area (Å²) in [4.78, 5) is 15.4. The third-order valence-corrected chi connectivity index (χ3v) is 3.08. The molecule has 4 nitrogen and oxygen atoms in total. The van der Waals surface area contributed by atoms with Crippen LogP contribution in [-0.2, 0) is 6.18 Å². The Balaban J connectivity index is 2.38. The lowest BCUT2D eigenvalue weighted by Gasteiger charge is -2.12. The normalized spacial score (nSPS) is 11.8. The van der Waals surface area contributed by atoms with Crippen LogP contribution < -0.4 is 5.56 Å². The molecule has 106 valence electrons. The van der Waals surface area contributed by atoms with Gasteiger partial charge in [-0.15, -0.1) is 0 Å². The summed E-state index contributed by atoms with van der Waals surface area (Å²) in [5, 5.41) is 6.62. The number of H-pyrrole nitrogens is 1. The van der Waals surface area contributed by atoms with E-state index in [0.29, 0.717) is 5.39 Å². The Morgan fingerprint density at radius 3 is 2.48 bits per heavy atom. The summed E-state index contributed by atoms with van der Waals surface area (Å²) >= 11 is 0. The fourth-order valence-electron chi connectivity index (χ4n) is 2.15. The van der Waals surface area contributed by atoms with Crippen LogP contribution in [0.3, 0.4) is 0 Å². The first-order valence-electron chi connectivity index (χ1n) is 5.97. The van der Waals surface area contributed by atoms with Gasteiger partial charge in [-0.3, -0.25) is 9.78 Å². The van der Waals surface area contributed by atoms with Gasteiger partial charge in [-0.1, -0.05) is 18.2 Å². The molecule has 7 heteroatoms. The summed E-state index contributed by atoms with van der Waals surface area (Å²) in [5.74, 6) is 0. The molecular weight excluding hydrogens is 283 g/mol. The van der Waals surface area contributed by atoms with Crippen molar-refractivity contribution in [3.05, 3.63) is 58.6 Å². The summed E-state index contributed by atoms with van der Waals surface area (Å²) in [7, 11) is 0. The Labute approximate surface area is 116 Å². The van der Waals surface area contributed by atoms with Crippen LogP contribution in [0.5, 0.6) is 0 Å². The number of hydrogen-bond acceptors (Lipinski definition) is 3. The largest absolute Gasteiger partial charge is 0.417 e. The summed E-state index contributed by atoms with van der Waals surface area (Å²) < 4.78 is 39.3. The zero-order chi connectivity index (χ0) is 15.0. The number of rotatable bonds is 1. The predicted molar refractivity (Wildman–Crippen MR) is 70.6 cm³/mol.